The lowest BCUT2D eigenvalue weighted by Crippen LogP contribution is -2.31. The molecule has 0 aliphatic rings. The van der Waals surface area contributed by atoms with Gasteiger partial charge in [-0.2, -0.15) is 0 Å². The third kappa shape index (κ3) is 4.06. The SMILES string of the molecule is COC(=O)c1cnc([C@H](CN)C(=O)OC(C)(C)C)[nH]1. The number of nitrogens with zero attached hydrogens (tertiary/aromatic N) is 1. The fourth-order valence-corrected chi connectivity index (χ4v) is 1.42. The van der Waals surface area contributed by atoms with Crippen molar-refractivity contribution in [2.45, 2.75) is 32.3 Å². The Hall–Kier alpha value is -1.89. The van der Waals surface area contributed by atoms with Crippen LogP contribution in [0, 0.1) is 0 Å². The van der Waals surface area contributed by atoms with Gasteiger partial charge in [0.2, 0.25) is 0 Å². The van der Waals surface area contributed by atoms with E-state index in [2.05, 4.69) is 14.7 Å². The molecule has 0 fully saturated rings. The lowest BCUT2D eigenvalue weighted by Gasteiger charge is -2.22. The standard InChI is InChI=1S/C12H19N3O4/c1-12(2,3)19-10(16)7(5-13)9-14-6-8(15-9)11(17)18-4/h6-7H,5,13H2,1-4H3,(H,14,15)/t7-/m0/s1. The molecule has 1 aromatic heterocycles. The molecule has 0 aromatic carbocycles. The van der Waals surface area contributed by atoms with Gasteiger partial charge in [-0.3, -0.25) is 4.79 Å². The Morgan fingerprint density at radius 3 is 2.58 bits per heavy atom. The van der Waals surface area contributed by atoms with Crippen LogP contribution in [-0.4, -0.2) is 41.2 Å². The van der Waals surface area contributed by atoms with Gasteiger partial charge in [-0.05, 0) is 20.8 Å². The maximum absolute atomic E-state index is 12.0. The number of carbonyl (C=O) groups is 2. The van der Waals surface area contributed by atoms with Gasteiger partial charge in [0, 0.05) is 6.54 Å². The van der Waals surface area contributed by atoms with Gasteiger partial charge in [-0.15, -0.1) is 0 Å². The van der Waals surface area contributed by atoms with Crippen LogP contribution >= 0.6 is 0 Å². The molecule has 0 spiro atoms. The van der Waals surface area contributed by atoms with Gasteiger partial charge < -0.3 is 20.2 Å². The summed E-state index contributed by atoms with van der Waals surface area (Å²) in [5.41, 5.74) is 5.12. The van der Waals surface area contributed by atoms with E-state index in [1.54, 1.807) is 20.8 Å². The average molecular weight is 269 g/mol. The molecule has 1 atom stereocenters. The van der Waals surface area contributed by atoms with Crippen molar-refractivity contribution in [1.82, 2.24) is 9.97 Å². The second-order valence-electron chi connectivity index (χ2n) is 5.00. The topological polar surface area (TPSA) is 107 Å². The van der Waals surface area contributed by atoms with E-state index >= 15 is 0 Å². The van der Waals surface area contributed by atoms with Gasteiger partial charge in [0.05, 0.1) is 13.3 Å². The molecule has 1 heterocycles. The van der Waals surface area contributed by atoms with Crippen LogP contribution in [0.1, 0.15) is 43.0 Å². The maximum Gasteiger partial charge on any atom is 0.356 e. The molecule has 0 saturated carbocycles. The smallest absolute Gasteiger partial charge is 0.356 e. The molecule has 0 saturated heterocycles. The number of carbonyl (C=O) groups excluding carboxylic acids is 2. The molecular weight excluding hydrogens is 250 g/mol. The predicted octanol–water partition coefficient (Wildman–Crippen LogP) is 0.580. The zero-order valence-electron chi connectivity index (χ0n) is 11.5. The number of nitrogens with one attached hydrogen (secondary N) is 1. The monoisotopic (exact) mass is 269 g/mol. The lowest BCUT2D eigenvalue weighted by atomic mass is 10.1. The van der Waals surface area contributed by atoms with Gasteiger partial charge in [0.25, 0.3) is 0 Å². The fraction of sp³-hybridized carbons (Fsp3) is 0.583. The number of esters is 2. The normalized spacial score (nSPS) is 12.9. The number of hydrogen-bond acceptors (Lipinski definition) is 6. The van der Waals surface area contributed by atoms with Gasteiger partial charge >= 0.3 is 11.9 Å². The minimum Gasteiger partial charge on any atom is -0.464 e. The Labute approximate surface area is 111 Å². The summed E-state index contributed by atoms with van der Waals surface area (Å²) in [4.78, 5) is 29.9. The first-order valence-corrected chi connectivity index (χ1v) is 5.84. The van der Waals surface area contributed by atoms with E-state index in [-0.39, 0.29) is 18.1 Å². The molecule has 1 rings (SSSR count). The highest BCUT2D eigenvalue weighted by Gasteiger charge is 2.28. The van der Waals surface area contributed by atoms with Crippen molar-refractivity contribution in [1.29, 1.82) is 0 Å². The summed E-state index contributed by atoms with van der Waals surface area (Å²) in [6.07, 6.45) is 1.30. The summed E-state index contributed by atoms with van der Waals surface area (Å²) >= 11 is 0. The molecule has 7 heteroatoms. The molecule has 1 aromatic rings. The van der Waals surface area contributed by atoms with Gasteiger partial charge in [-0.25, -0.2) is 9.78 Å². The number of H-pyrrole nitrogens is 1. The summed E-state index contributed by atoms with van der Waals surface area (Å²) in [5, 5.41) is 0. The van der Waals surface area contributed by atoms with Crippen molar-refractivity contribution in [3.05, 3.63) is 17.7 Å². The number of hydrogen-bond donors (Lipinski definition) is 2. The lowest BCUT2D eigenvalue weighted by molar-refractivity contribution is -0.156. The molecule has 0 aliphatic heterocycles. The quantitative estimate of drug-likeness (QED) is 0.774. The highest BCUT2D eigenvalue weighted by Crippen LogP contribution is 2.17. The van der Waals surface area contributed by atoms with Gasteiger partial charge in [0.1, 0.15) is 23.0 Å². The van der Waals surface area contributed by atoms with Crippen molar-refractivity contribution in [3.63, 3.8) is 0 Å². The first-order valence-electron chi connectivity index (χ1n) is 5.84. The molecule has 3 N–H and O–H groups in total. The number of aromatic amines is 1. The maximum atomic E-state index is 12.0. The third-order valence-corrected chi connectivity index (χ3v) is 2.26. The minimum absolute atomic E-state index is 0.0308. The summed E-state index contributed by atoms with van der Waals surface area (Å²) in [6.45, 7) is 5.32. The van der Waals surface area contributed by atoms with Crippen LogP contribution in [0.5, 0.6) is 0 Å². The Morgan fingerprint density at radius 2 is 2.11 bits per heavy atom. The van der Waals surface area contributed by atoms with E-state index in [0.717, 1.165) is 0 Å². The van der Waals surface area contributed by atoms with Crippen LogP contribution in [0.2, 0.25) is 0 Å². The molecule has 0 radical (unpaired) electrons. The van der Waals surface area contributed by atoms with Crippen LogP contribution in [0.4, 0.5) is 0 Å². The number of rotatable bonds is 4. The summed E-state index contributed by atoms with van der Waals surface area (Å²) in [6, 6.07) is 0. The minimum atomic E-state index is -0.738. The first-order chi connectivity index (χ1) is 8.78. The van der Waals surface area contributed by atoms with Crippen LogP contribution in [0.25, 0.3) is 0 Å². The molecule has 19 heavy (non-hydrogen) atoms. The number of ether oxygens (including phenoxy) is 2. The largest absolute Gasteiger partial charge is 0.464 e. The van der Waals surface area contributed by atoms with Crippen LogP contribution < -0.4 is 5.73 Å². The number of methoxy groups -OCH3 is 1. The molecule has 0 amide bonds. The first kappa shape index (κ1) is 15.2. The van der Waals surface area contributed by atoms with E-state index in [1.807, 2.05) is 0 Å². The van der Waals surface area contributed by atoms with Crippen molar-refractivity contribution in [2.24, 2.45) is 5.73 Å². The summed E-state index contributed by atoms with van der Waals surface area (Å²) in [7, 11) is 1.26. The number of aromatic nitrogens is 2. The Balaban J connectivity index is 2.88. The highest BCUT2D eigenvalue weighted by atomic mass is 16.6. The van der Waals surface area contributed by atoms with E-state index in [1.165, 1.54) is 13.3 Å². The Bertz CT molecular complexity index is 462. The Kier molecular flexibility index (Phi) is 4.66. The van der Waals surface area contributed by atoms with Crippen molar-refractivity contribution >= 4 is 11.9 Å². The third-order valence-electron chi connectivity index (χ3n) is 2.26. The van der Waals surface area contributed by atoms with Crippen molar-refractivity contribution in [2.75, 3.05) is 13.7 Å². The zero-order chi connectivity index (χ0) is 14.6. The van der Waals surface area contributed by atoms with Crippen LogP contribution in [0.15, 0.2) is 6.20 Å². The van der Waals surface area contributed by atoms with E-state index in [0.29, 0.717) is 0 Å². The Morgan fingerprint density at radius 1 is 1.47 bits per heavy atom. The average Bonchev–Trinajstić information content (AvgIpc) is 2.76. The van der Waals surface area contributed by atoms with Gasteiger partial charge in [0.15, 0.2) is 0 Å². The van der Waals surface area contributed by atoms with Crippen molar-refractivity contribution < 1.29 is 19.1 Å². The second-order valence-corrected chi connectivity index (χ2v) is 5.00. The highest BCUT2D eigenvalue weighted by molar-refractivity contribution is 5.87. The van der Waals surface area contributed by atoms with Crippen LogP contribution in [-0.2, 0) is 14.3 Å². The fourth-order valence-electron chi connectivity index (χ4n) is 1.42. The van der Waals surface area contributed by atoms with E-state index in [9.17, 15) is 9.59 Å². The molecular formula is C12H19N3O4. The number of imidazole rings is 1. The second kappa shape index (κ2) is 5.83. The van der Waals surface area contributed by atoms with E-state index in [4.69, 9.17) is 10.5 Å². The zero-order valence-corrected chi connectivity index (χ0v) is 11.5. The van der Waals surface area contributed by atoms with Crippen molar-refractivity contribution in [3.8, 4) is 0 Å². The molecule has 106 valence electrons. The molecule has 7 nitrogen and oxygen atoms in total. The van der Waals surface area contributed by atoms with Gasteiger partial charge in [-0.1, -0.05) is 0 Å². The molecule has 0 unspecified atom stereocenters. The number of nitrogens with two attached hydrogens (primary N) is 1. The predicted molar refractivity (Wildman–Crippen MR) is 67.6 cm³/mol. The van der Waals surface area contributed by atoms with E-state index < -0.39 is 23.5 Å². The summed E-state index contributed by atoms with van der Waals surface area (Å²) in [5.74, 6) is -1.49. The van der Waals surface area contributed by atoms with Crippen LogP contribution in [0.3, 0.4) is 0 Å². The molecule has 0 aliphatic carbocycles. The summed E-state index contributed by atoms with van der Waals surface area (Å²) < 4.78 is 9.79. The molecule has 0 bridgehead atoms.